The van der Waals surface area contributed by atoms with E-state index >= 15 is 0 Å². The Labute approximate surface area is 153 Å². The van der Waals surface area contributed by atoms with E-state index in [4.69, 9.17) is 4.74 Å². The van der Waals surface area contributed by atoms with Gasteiger partial charge >= 0.3 is 5.97 Å². The summed E-state index contributed by atoms with van der Waals surface area (Å²) in [6.07, 6.45) is 3.05. The maximum Gasteiger partial charge on any atom is 0.310 e. The van der Waals surface area contributed by atoms with Crippen LogP contribution in [-0.2, 0) is 16.0 Å². The number of nitrogens with zero attached hydrogens (tertiary/aromatic N) is 1. The van der Waals surface area contributed by atoms with Crippen LogP contribution in [0, 0.1) is 11.8 Å². The second-order valence-electron chi connectivity index (χ2n) is 7.36. The van der Waals surface area contributed by atoms with E-state index in [9.17, 15) is 9.59 Å². The number of H-pyrrole nitrogens is 1. The second-order valence-corrected chi connectivity index (χ2v) is 7.36. The van der Waals surface area contributed by atoms with E-state index in [1.165, 1.54) is 7.11 Å². The maximum atomic E-state index is 13.1. The number of Topliss-reactive ketones (excluding diaryl/α,β-unsaturated/α-hetero) is 1. The van der Waals surface area contributed by atoms with Crippen molar-refractivity contribution < 1.29 is 14.3 Å². The molecule has 1 aliphatic carbocycles. The fraction of sp³-hybridized carbons (Fsp3) is 0.429. The molecular formula is C21H24N2O3. The van der Waals surface area contributed by atoms with Crippen molar-refractivity contribution in [1.82, 2.24) is 9.88 Å². The molecule has 1 aromatic heterocycles. The van der Waals surface area contributed by atoms with Gasteiger partial charge in [0.25, 0.3) is 0 Å². The molecule has 2 aliphatic rings. The number of likely N-dealkylation sites (N-methyl/N-ethyl adjacent to an activating group) is 1. The van der Waals surface area contributed by atoms with Gasteiger partial charge in [0.05, 0.1) is 18.7 Å². The third-order valence-corrected chi connectivity index (χ3v) is 6.08. The van der Waals surface area contributed by atoms with Gasteiger partial charge in [-0.05, 0) is 32.0 Å². The lowest BCUT2D eigenvalue weighted by molar-refractivity contribution is -0.150. The van der Waals surface area contributed by atoms with Gasteiger partial charge < -0.3 is 9.72 Å². The fourth-order valence-electron chi connectivity index (χ4n) is 4.76. The van der Waals surface area contributed by atoms with Crippen molar-refractivity contribution in [2.75, 3.05) is 20.7 Å². The van der Waals surface area contributed by atoms with Crippen LogP contribution in [0.2, 0.25) is 0 Å². The first-order chi connectivity index (χ1) is 12.5. The number of esters is 1. The zero-order valence-electron chi connectivity index (χ0n) is 15.4. The number of hydrogen-bond donors (Lipinski definition) is 1. The SMILES string of the molecule is C/C=C1/CN(C)[C@H]2Cc3c([nH]c4ccccc34)C(=O)C[C@@H]1C2C(=O)OC. The average molecular weight is 352 g/mol. The van der Waals surface area contributed by atoms with Crippen LogP contribution < -0.4 is 0 Å². The number of aromatic amines is 1. The summed E-state index contributed by atoms with van der Waals surface area (Å²) in [6, 6.07) is 8.02. The van der Waals surface area contributed by atoms with Gasteiger partial charge in [-0.2, -0.15) is 0 Å². The molecule has 1 saturated heterocycles. The molecule has 2 heterocycles. The minimum Gasteiger partial charge on any atom is -0.469 e. The van der Waals surface area contributed by atoms with Crippen molar-refractivity contribution in [2.24, 2.45) is 11.8 Å². The topological polar surface area (TPSA) is 62.4 Å². The van der Waals surface area contributed by atoms with Crippen molar-refractivity contribution in [3.63, 3.8) is 0 Å². The number of rotatable bonds is 1. The Bertz CT molecular complexity index is 911. The Hall–Kier alpha value is -2.40. The number of likely N-dealkylation sites (tertiary alicyclic amines) is 1. The number of hydrogen-bond acceptors (Lipinski definition) is 4. The first kappa shape index (κ1) is 17.0. The molecule has 1 N–H and O–H groups in total. The number of ether oxygens (including phenoxy) is 1. The Morgan fingerprint density at radius 3 is 2.81 bits per heavy atom. The molecule has 5 nitrogen and oxygen atoms in total. The number of para-hydroxylation sites is 1. The smallest absolute Gasteiger partial charge is 0.310 e. The number of carbonyl (C=O) groups excluding carboxylic acids is 2. The largest absolute Gasteiger partial charge is 0.469 e. The molecule has 5 heteroatoms. The highest BCUT2D eigenvalue weighted by atomic mass is 16.5. The highest BCUT2D eigenvalue weighted by molar-refractivity contribution is 6.03. The van der Waals surface area contributed by atoms with Gasteiger partial charge in [0.15, 0.2) is 5.78 Å². The molecule has 4 rings (SSSR count). The lowest BCUT2D eigenvalue weighted by Crippen LogP contribution is -2.54. The van der Waals surface area contributed by atoms with Gasteiger partial charge in [-0.25, -0.2) is 0 Å². The first-order valence-electron chi connectivity index (χ1n) is 9.11. The highest BCUT2D eigenvalue weighted by Crippen LogP contribution is 2.41. The van der Waals surface area contributed by atoms with Crippen LogP contribution >= 0.6 is 0 Å². The standard InChI is InChI=1S/C21H24N2O3/c1-4-12-11-23(2)17-9-15-13-7-5-6-8-16(13)22-20(15)18(24)10-14(12)19(17)21(25)26-3/h4-8,14,17,19,22H,9-11H2,1-3H3/b12-4-/t14-,17-,19?/m0/s1. The van der Waals surface area contributed by atoms with Gasteiger partial charge in [-0.15, -0.1) is 0 Å². The molecule has 3 atom stereocenters. The van der Waals surface area contributed by atoms with E-state index in [0.29, 0.717) is 18.5 Å². The highest BCUT2D eigenvalue weighted by Gasteiger charge is 2.46. The summed E-state index contributed by atoms with van der Waals surface area (Å²) in [5.41, 5.74) is 3.85. The number of nitrogens with one attached hydrogen (secondary N) is 1. The van der Waals surface area contributed by atoms with Crippen LogP contribution in [0.3, 0.4) is 0 Å². The van der Waals surface area contributed by atoms with E-state index in [1.807, 2.05) is 37.3 Å². The van der Waals surface area contributed by atoms with Gasteiger partial charge in [0, 0.05) is 35.8 Å². The van der Waals surface area contributed by atoms with Crippen molar-refractivity contribution in [1.29, 1.82) is 0 Å². The summed E-state index contributed by atoms with van der Waals surface area (Å²) in [4.78, 5) is 31.3. The number of methoxy groups -OCH3 is 1. The van der Waals surface area contributed by atoms with Gasteiger partial charge in [0.2, 0.25) is 0 Å². The lowest BCUT2D eigenvalue weighted by atomic mass is 9.70. The molecule has 0 saturated carbocycles. The molecule has 136 valence electrons. The van der Waals surface area contributed by atoms with Gasteiger partial charge in [0.1, 0.15) is 0 Å². The molecule has 0 amide bonds. The van der Waals surface area contributed by atoms with Gasteiger partial charge in [-0.3, -0.25) is 14.5 Å². The summed E-state index contributed by atoms with van der Waals surface area (Å²) in [6.45, 7) is 2.76. The molecule has 1 aliphatic heterocycles. The molecule has 1 aromatic carbocycles. The quantitative estimate of drug-likeness (QED) is 0.633. The average Bonchev–Trinajstić information content (AvgIpc) is 3.01. The number of ketones is 1. The zero-order valence-corrected chi connectivity index (χ0v) is 15.4. The number of benzene rings is 1. The molecule has 26 heavy (non-hydrogen) atoms. The summed E-state index contributed by atoms with van der Waals surface area (Å²) in [5.74, 6) is -0.559. The summed E-state index contributed by atoms with van der Waals surface area (Å²) in [7, 11) is 3.49. The Kier molecular flexibility index (Phi) is 4.19. The summed E-state index contributed by atoms with van der Waals surface area (Å²) in [5, 5.41) is 1.07. The first-order valence-corrected chi connectivity index (χ1v) is 9.11. The van der Waals surface area contributed by atoms with Crippen LogP contribution in [0.15, 0.2) is 35.9 Å². The molecule has 0 radical (unpaired) electrons. The maximum absolute atomic E-state index is 13.1. The Morgan fingerprint density at radius 1 is 1.31 bits per heavy atom. The molecule has 2 bridgehead atoms. The van der Waals surface area contributed by atoms with Crippen LogP contribution in [0.1, 0.15) is 29.4 Å². The molecule has 2 aromatic rings. The van der Waals surface area contributed by atoms with Gasteiger partial charge in [-0.1, -0.05) is 29.8 Å². The van der Waals surface area contributed by atoms with E-state index in [0.717, 1.165) is 28.6 Å². The number of allylic oxidation sites excluding steroid dienone is 1. The third-order valence-electron chi connectivity index (χ3n) is 6.08. The number of piperidine rings is 1. The lowest BCUT2D eigenvalue weighted by Gasteiger charge is -2.45. The van der Waals surface area contributed by atoms with Crippen molar-refractivity contribution in [2.45, 2.75) is 25.8 Å². The fourth-order valence-corrected chi connectivity index (χ4v) is 4.76. The molecular weight excluding hydrogens is 328 g/mol. The number of carbonyl (C=O) groups is 2. The Morgan fingerprint density at radius 2 is 2.08 bits per heavy atom. The molecule has 1 fully saturated rings. The van der Waals surface area contributed by atoms with E-state index < -0.39 is 0 Å². The van der Waals surface area contributed by atoms with Crippen molar-refractivity contribution in [3.05, 3.63) is 47.2 Å². The zero-order chi connectivity index (χ0) is 18.4. The van der Waals surface area contributed by atoms with E-state index in [1.54, 1.807) is 0 Å². The van der Waals surface area contributed by atoms with E-state index in [-0.39, 0.29) is 29.6 Å². The van der Waals surface area contributed by atoms with Crippen LogP contribution in [0.4, 0.5) is 0 Å². The van der Waals surface area contributed by atoms with Crippen LogP contribution in [0.25, 0.3) is 10.9 Å². The monoisotopic (exact) mass is 352 g/mol. The minimum absolute atomic E-state index is 0.0159. The summed E-state index contributed by atoms with van der Waals surface area (Å²) >= 11 is 0. The molecule has 0 spiro atoms. The van der Waals surface area contributed by atoms with E-state index in [2.05, 4.69) is 16.9 Å². The Balaban J connectivity index is 1.91. The van der Waals surface area contributed by atoms with Crippen molar-refractivity contribution >= 4 is 22.7 Å². The van der Waals surface area contributed by atoms with Crippen LogP contribution in [-0.4, -0.2) is 48.4 Å². The second kappa shape index (κ2) is 6.40. The third kappa shape index (κ3) is 2.50. The predicted octanol–water partition coefficient (Wildman–Crippen LogP) is 2.96. The van der Waals surface area contributed by atoms with Crippen molar-refractivity contribution in [3.8, 4) is 0 Å². The summed E-state index contributed by atoms with van der Waals surface area (Å²) < 4.78 is 5.14. The van der Waals surface area contributed by atoms with Crippen LogP contribution in [0.5, 0.6) is 0 Å². The normalized spacial score (nSPS) is 27.9. The molecule has 1 unspecified atom stereocenters. The number of aromatic nitrogens is 1. The number of fused-ring (bicyclic) bond motifs is 5. The minimum atomic E-state index is -0.323. The predicted molar refractivity (Wildman–Crippen MR) is 100 cm³/mol.